The van der Waals surface area contributed by atoms with Crippen molar-refractivity contribution in [2.75, 3.05) is 31.1 Å². The summed E-state index contributed by atoms with van der Waals surface area (Å²) in [6.45, 7) is 5.74. The minimum absolute atomic E-state index is 0.0645. The van der Waals surface area contributed by atoms with Gasteiger partial charge in [-0.25, -0.2) is 4.79 Å². The molecule has 0 radical (unpaired) electrons. The summed E-state index contributed by atoms with van der Waals surface area (Å²) < 4.78 is 4.96. The minimum atomic E-state index is -0.750. The maximum absolute atomic E-state index is 12.1. The van der Waals surface area contributed by atoms with E-state index in [0.717, 1.165) is 32.4 Å². The van der Waals surface area contributed by atoms with Crippen molar-refractivity contribution in [2.24, 2.45) is 5.92 Å². The topological polar surface area (TPSA) is 102 Å². The summed E-state index contributed by atoms with van der Waals surface area (Å²) in [4.78, 5) is 36.6. The zero-order valence-electron chi connectivity index (χ0n) is 15.2. The van der Waals surface area contributed by atoms with Gasteiger partial charge in [0.05, 0.1) is 10.5 Å². The van der Waals surface area contributed by atoms with Gasteiger partial charge < -0.3 is 15.0 Å². The largest absolute Gasteiger partial charge is 0.452 e. The zero-order chi connectivity index (χ0) is 19.1. The molecule has 1 fully saturated rings. The number of rotatable bonds is 8. The van der Waals surface area contributed by atoms with E-state index in [4.69, 9.17) is 4.74 Å². The first-order valence-electron chi connectivity index (χ1n) is 8.85. The maximum Gasteiger partial charge on any atom is 0.338 e. The van der Waals surface area contributed by atoms with Gasteiger partial charge >= 0.3 is 5.97 Å². The Balaban J connectivity index is 1.97. The van der Waals surface area contributed by atoms with Crippen LogP contribution < -0.4 is 10.2 Å². The SMILES string of the molecule is CC(C)CCNC(=O)COC(=O)c1ccc(N2CCCC2)c([N+](=O)[O-])c1. The van der Waals surface area contributed by atoms with Crippen LogP contribution in [0, 0.1) is 16.0 Å². The lowest BCUT2D eigenvalue weighted by atomic mass is 10.1. The summed E-state index contributed by atoms with van der Waals surface area (Å²) in [7, 11) is 0. The van der Waals surface area contributed by atoms with Gasteiger partial charge in [-0.15, -0.1) is 0 Å². The highest BCUT2D eigenvalue weighted by Crippen LogP contribution is 2.31. The third kappa shape index (κ3) is 5.44. The van der Waals surface area contributed by atoms with E-state index in [1.807, 2.05) is 18.7 Å². The predicted molar refractivity (Wildman–Crippen MR) is 97.3 cm³/mol. The fourth-order valence-electron chi connectivity index (χ4n) is 2.79. The molecule has 1 saturated heterocycles. The van der Waals surface area contributed by atoms with Gasteiger partial charge in [0.1, 0.15) is 5.69 Å². The number of nitrogens with one attached hydrogen (secondary N) is 1. The van der Waals surface area contributed by atoms with Crippen LogP contribution in [0.5, 0.6) is 0 Å². The summed E-state index contributed by atoms with van der Waals surface area (Å²) in [5.74, 6) is -0.671. The normalized spacial score (nSPS) is 13.7. The molecule has 26 heavy (non-hydrogen) atoms. The van der Waals surface area contributed by atoms with E-state index in [2.05, 4.69) is 5.32 Å². The van der Waals surface area contributed by atoms with Gasteiger partial charge in [-0.1, -0.05) is 13.8 Å². The second-order valence-corrected chi connectivity index (χ2v) is 6.76. The number of nitro benzene ring substituents is 1. The fourth-order valence-corrected chi connectivity index (χ4v) is 2.79. The van der Waals surface area contributed by atoms with E-state index in [1.165, 1.54) is 12.1 Å². The molecule has 0 atom stereocenters. The van der Waals surface area contributed by atoms with Crippen LogP contribution in [0.2, 0.25) is 0 Å². The number of anilines is 1. The van der Waals surface area contributed by atoms with Crippen molar-refractivity contribution in [3.05, 3.63) is 33.9 Å². The van der Waals surface area contributed by atoms with Crippen LogP contribution in [0.1, 0.15) is 43.5 Å². The highest BCUT2D eigenvalue weighted by Gasteiger charge is 2.24. The van der Waals surface area contributed by atoms with Gasteiger partial charge in [0.15, 0.2) is 6.61 Å². The molecule has 1 heterocycles. The lowest BCUT2D eigenvalue weighted by Crippen LogP contribution is -2.30. The number of carbonyl (C=O) groups is 2. The molecule has 1 amide bonds. The number of nitrogens with zero attached hydrogens (tertiary/aromatic N) is 2. The average Bonchev–Trinajstić information content (AvgIpc) is 3.13. The first-order chi connectivity index (χ1) is 12.4. The van der Waals surface area contributed by atoms with Crippen molar-refractivity contribution in [3.63, 3.8) is 0 Å². The first-order valence-corrected chi connectivity index (χ1v) is 8.85. The second-order valence-electron chi connectivity index (χ2n) is 6.76. The molecule has 1 aliphatic heterocycles. The summed E-state index contributed by atoms with van der Waals surface area (Å²) in [6, 6.07) is 4.29. The van der Waals surface area contributed by atoms with Crippen molar-refractivity contribution in [1.29, 1.82) is 0 Å². The van der Waals surface area contributed by atoms with E-state index in [1.54, 1.807) is 6.07 Å². The maximum atomic E-state index is 12.1. The molecular formula is C18H25N3O5. The molecule has 2 rings (SSSR count). The third-order valence-corrected chi connectivity index (χ3v) is 4.23. The van der Waals surface area contributed by atoms with Crippen molar-refractivity contribution >= 4 is 23.3 Å². The van der Waals surface area contributed by atoms with E-state index in [0.29, 0.717) is 18.2 Å². The third-order valence-electron chi connectivity index (χ3n) is 4.23. The van der Waals surface area contributed by atoms with Crippen LogP contribution in [-0.2, 0) is 9.53 Å². The van der Waals surface area contributed by atoms with Gasteiger partial charge in [0.25, 0.3) is 11.6 Å². The van der Waals surface area contributed by atoms with Gasteiger partial charge in [0, 0.05) is 25.7 Å². The molecule has 1 aromatic rings. The molecular weight excluding hydrogens is 338 g/mol. The Hall–Kier alpha value is -2.64. The predicted octanol–water partition coefficient (Wildman–Crippen LogP) is 2.51. The van der Waals surface area contributed by atoms with Crippen LogP contribution in [0.3, 0.4) is 0 Å². The summed E-state index contributed by atoms with van der Waals surface area (Å²) in [6.07, 6.45) is 2.82. The van der Waals surface area contributed by atoms with Crippen molar-refractivity contribution in [2.45, 2.75) is 33.1 Å². The first kappa shape index (κ1) is 19.7. The Morgan fingerprint density at radius 2 is 2.00 bits per heavy atom. The Bertz CT molecular complexity index is 669. The molecule has 0 bridgehead atoms. The van der Waals surface area contributed by atoms with Crippen LogP contribution in [0.15, 0.2) is 18.2 Å². The van der Waals surface area contributed by atoms with Crippen LogP contribution in [-0.4, -0.2) is 43.0 Å². The Morgan fingerprint density at radius 3 is 2.62 bits per heavy atom. The van der Waals surface area contributed by atoms with Crippen LogP contribution in [0.25, 0.3) is 0 Å². The van der Waals surface area contributed by atoms with E-state index >= 15 is 0 Å². The molecule has 0 aromatic heterocycles. The Morgan fingerprint density at radius 1 is 1.31 bits per heavy atom. The number of carbonyl (C=O) groups excluding carboxylic acids is 2. The highest BCUT2D eigenvalue weighted by atomic mass is 16.6. The molecule has 8 heteroatoms. The summed E-state index contributed by atoms with van der Waals surface area (Å²) >= 11 is 0. The molecule has 8 nitrogen and oxygen atoms in total. The number of amides is 1. The van der Waals surface area contributed by atoms with Gasteiger partial charge in [-0.3, -0.25) is 14.9 Å². The van der Waals surface area contributed by atoms with Crippen molar-refractivity contribution in [1.82, 2.24) is 5.32 Å². The van der Waals surface area contributed by atoms with Crippen LogP contribution >= 0.6 is 0 Å². The van der Waals surface area contributed by atoms with Gasteiger partial charge in [-0.2, -0.15) is 0 Å². The lowest BCUT2D eigenvalue weighted by molar-refractivity contribution is -0.384. The van der Waals surface area contributed by atoms with Crippen molar-refractivity contribution < 1.29 is 19.2 Å². The van der Waals surface area contributed by atoms with E-state index in [-0.39, 0.29) is 17.2 Å². The lowest BCUT2D eigenvalue weighted by Gasteiger charge is -2.17. The molecule has 1 aliphatic rings. The Labute approximate surface area is 152 Å². The van der Waals surface area contributed by atoms with E-state index in [9.17, 15) is 19.7 Å². The minimum Gasteiger partial charge on any atom is -0.452 e. The summed E-state index contributed by atoms with van der Waals surface area (Å²) in [5, 5.41) is 14.0. The number of hydrogen-bond acceptors (Lipinski definition) is 6. The smallest absolute Gasteiger partial charge is 0.338 e. The molecule has 0 aliphatic carbocycles. The van der Waals surface area contributed by atoms with E-state index < -0.39 is 17.5 Å². The molecule has 0 unspecified atom stereocenters. The second kappa shape index (κ2) is 9.17. The number of esters is 1. The fraction of sp³-hybridized carbons (Fsp3) is 0.556. The number of hydrogen-bond donors (Lipinski definition) is 1. The van der Waals surface area contributed by atoms with Crippen LogP contribution in [0.4, 0.5) is 11.4 Å². The monoisotopic (exact) mass is 363 g/mol. The zero-order valence-corrected chi connectivity index (χ0v) is 15.2. The highest BCUT2D eigenvalue weighted by molar-refractivity contribution is 5.93. The Kier molecular flexibility index (Phi) is 6.94. The number of nitro groups is 1. The molecule has 1 N–H and O–H groups in total. The molecule has 142 valence electrons. The molecule has 0 spiro atoms. The summed E-state index contributed by atoms with van der Waals surface area (Å²) in [5.41, 5.74) is 0.452. The quantitative estimate of drug-likeness (QED) is 0.432. The molecule has 1 aromatic carbocycles. The average molecular weight is 363 g/mol. The van der Waals surface area contributed by atoms with Crippen molar-refractivity contribution in [3.8, 4) is 0 Å². The van der Waals surface area contributed by atoms with Gasteiger partial charge in [-0.05, 0) is 37.3 Å². The van der Waals surface area contributed by atoms with Gasteiger partial charge in [0.2, 0.25) is 0 Å². The molecule has 0 saturated carbocycles. The standard InChI is InChI=1S/C18H25N3O5/c1-13(2)7-8-19-17(22)12-26-18(23)14-5-6-15(16(11-14)21(24)25)20-9-3-4-10-20/h5-6,11,13H,3-4,7-10,12H2,1-2H3,(H,19,22). The number of ether oxygens (including phenoxy) is 1. The number of benzene rings is 1.